The van der Waals surface area contributed by atoms with Crippen LogP contribution in [0, 0.1) is 0 Å². The van der Waals surface area contributed by atoms with Crippen LogP contribution in [-0.2, 0) is 9.63 Å². The lowest BCUT2D eigenvalue weighted by Crippen LogP contribution is -2.59. The molecular weight excluding hydrogens is 324 g/mol. The minimum absolute atomic E-state index is 0.111. The van der Waals surface area contributed by atoms with E-state index in [4.69, 9.17) is 4.84 Å². The predicted octanol–water partition coefficient (Wildman–Crippen LogP) is 4.96. The molecule has 0 aliphatic carbocycles. The lowest BCUT2D eigenvalue weighted by Gasteiger charge is -2.45. The smallest absolute Gasteiger partial charge is 0.245 e. The third kappa shape index (κ3) is 4.29. The number of rotatable bonds is 6. The number of carbonyl (C=O) groups is 1. The molecule has 0 bridgehead atoms. The molecule has 2 atom stereocenters. The Morgan fingerprint density at radius 3 is 2.38 bits per heavy atom. The summed E-state index contributed by atoms with van der Waals surface area (Å²) in [6, 6.07) is 10.4. The summed E-state index contributed by atoms with van der Waals surface area (Å²) in [7, 11) is 0. The topological polar surface area (TPSA) is 32.8 Å². The van der Waals surface area contributed by atoms with Crippen molar-refractivity contribution in [2.45, 2.75) is 91.0 Å². The largest absolute Gasteiger partial charge is 0.338 e. The fourth-order valence-corrected chi connectivity index (χ4v) is 4.18. The van der Waals surface area contributed by atoms with Gasteiger partial charge in [-0.1, -0.05) is 43.7 Å². The summed E-state index contributed by atoms with van der Waals surface area (Å²) in [6.45, 7) is 15.5. The Morgan fingerprint density at radius 1 is 1.19 bits per heavy atom. The van der Waals surface area contributed by atoms with Crippen LogP contribution in [0.3, 0.4) is 0 Å². The van der Waals surface area contributed by atoms with Crippen LogP contribution in [-0.4, -0.2) is 39.5 Å². The second-order valence-electron chi connectivity index (χ2n) is 8.73. The molecule has 4 nitrogen and oxygen atoms in total. The van der Waals surface area contributed by atoms with Crippen LogP contribution in [0.2, 0.25) is 0 Å². The average Bonchev–Trinajstić information content (AvgIpc) is 2.63. The summed E-state index contributed by atoms with van der Waals surface area (Å²) >= 11 is 0. The van der Waals surface area contributed by atoms with Crippen molar-refractivity contribution < 1.29 is 9.63 Å². The van der Waals surface area contributed by atoms with E-state index in [2.05, 4.69) is 51.7 Å². The molecule has 0 spiro atoms. The van der Waals surface area contributed by atoms with Crippen molar-refractivity contribution in [1.29, 1.82) is 0 Å². The molecule has 1 heterocycles. The first-order valence-electron chi connectivity index (χ1n) is 9.94. The predicted molar refractivity (Wildman–Crippen MR) is 107 cm³/mol. The van der Waals surface area contributed by atoms with Gasteiger partial charge in [0.15, 0.2) is 0 Å². The molecule has 0 saturated carbocycles. The summed E-state index contributed by atoms with van der Waals surface area (Å²) in [5.74, 6) is 0.157. The molecule has 26 heavy (non-hydrogen) atoms. The third-order valence-corrected chi connectivity index (χ3v) is 5.45. The van der Waals surface area contributed by atoms with Gasteiger partial charge in [-0.3, -0.25) is 9.63 Å². The molecule has 1 saturated heterocycles. The van der Waals surface area contributed by atoms with Crippen LogP contribution in [0.5, 0.6) is 0 Å². The fourth-order valence-electron chi connectivity index (χ4n) is 4.18. The van der Waals surface area contributed by atoms with Gasteiger partial charge in [-0.25, -0.2) is 0 Å². The lowest BCUT2D eigenvalue weighted by atomic mass is 9.93. The maximum atomic E-state index is 13.4. The molecule has 1 aliphatic rings. The molecular formula is C22H36N2O2. The molecule has 4 heteroatoms. The summed E-state index contributed by atoms with van der Waals surface area (Å²) < 4.78 is 0. The molecule has 1 aliphatic heterocycles. The highest BCUT2D eigenvalue weighted by Crippen LogP contribution is 2.38. The van der Waals surface area contributed by atoms with E-state index in [0.29, 0.717) is 0 Å². The number of benzene rings is 1. The number of hydrogen-bond acceptors (Lipinski definition) is 3. The van der Waals surface area contributed by atoms with Gasteiger partial charge in [0.1, 0.15) is 11.6 Å². The van der Waals surface area contributed by atoms with Crippen LogP contribution in [0.15, 0.2) is 30.3 Å². The summed E-state index contributed by atoms with van der Waals surface area (Å²) in [5, 5.41) is 1.96. The Bertz CT molecular complexity index is 597. The van der Waals surface area contributed by atoms with Gasteiger partial charge in [-0.15, -0.1) is 0 Å². The van der Waals surface area contributed by atoms with E-state index in [0.717, 1.165) is 31.4 Å². The van der Waals surface area contributed by atoms with Gasteiger partial charge in [0.25, 0.3) is 0 Å². The molecule has 146 valence electrons. The number of hydrogen-bond donors (Lipinski definition) is 0. The first-order chi connectivity index (χ1) is 12.1. The quantitative estimate of drug-likeness (QED) is 0.719. The normalized spacial score (nSPS) is 24.3. The van der Waals surface area contributed by atoms with Gasteiger partial charge in [0, 0.05) is 18.1 Å². The highest BCUT2D eigenvalue weighted by molar-refractivity contribution is 5.86. The minimum Gasteiger partial charge on any atom is -0.338 e. The van der Waals surface area contributed by atoms with Gasteiger partial charge in [-0.2, -0.15) is 5.06 Å². The lowest BCUT2D eigenvalue weighted by molar-refractivity contribution is -0.282. The SMILES string of the molecule is CCCCN1C(=O)C(C)(C)N(OC(C)c2ccccc2)C(C)(C)CC1C. The molecule has 2 unspecified atom stereocenters. The Labute approximate surface area is 159 Å². The molecule has 0 aromatic heterocycles. The summed E-state index contributed by atoms with van der Waals surface area (Å²) in [4.78, 5) is 21.9. The molecule has 1 amide bonds. The zero-order valence-electron chi connectivity index (χ0n) is 17.6. The van der Waals surface area contributed by atoms with E-state index in [-0.39, 0.29) is 23.6 Å². The van der Waals surface area contributed by atoms with E-state index in [1.165, 1.54) is 0 Å². The third-order valence-electron chi connectivity index (χ3n) is 5.45. The van der Waals surface area contributed by atoms with Crippen molar-refractivity contribution in [1.82, 2.24) is 9.96 Å². The highest BCUT2D eigenvalue weighted by Gasteiger charge is 2.51. The van der Waals surface area contributed by atoms with E-state index >= 15 is 0 Å². The van der Waals surface area contributed by atoms with Gasteiger partial charge in [-0.05, 0) is 59.9 Å². The van der Waals surface area contributed by atoms with E-state index < -0.39 is 5.54 Å². The molecule has 1 fully saturated rings. The van der Waals surface area contributed by atoms with Crippen molar-refractivity contribution in [2.75, 3.05) is 6.54 Å². The first-order valence-corrected chi connectivity index (χ1v) is 9.94. The number of carbonyl (C=O) groups excluding carboxylic acids is 1. The molecule has 0 radical (unpaired) electrons. The van der Waals surface area contributed by atoms with Crippen LogP contribution < -0.4 is 0 Å². The first kappa shape index (κ1) is 20.9. The van der Waals surface area contributed by atoms with Crippen LogP contribution in [0.1, 0.15) is 79.4 Å². The van der Waals surface area contributed by atoms with Crippen LogP contribution in [0.25, 0.3) is 0 Å². The maximum Gasteiger partial charge on any atom is 0.245 e. The number of hydroxylamine groups is 2. The van der Waals surface area contributed by atoms with Gasteiger partial charge in [0.05, 0.1) is 0 Å². The molecule has 2 rings (SSSR count). The zero-order valence-corrected chi connectivity index (χ0v) is 17.6. The van der Waals surface area contributed by atoms with Crippen LogP contribution in [0.4, 0.5) is 0 Å². The van der Waals surface area contributed by atoms with Gasteiger partial charge in [0.2, 0.25) is 5.91 Å². The number of amides is 1. The van der Waals surface area contributed by atoms with E-state index in [1.54, 1.807) is 0 Å². The van der Waals surface area contributed by atoms with Crippen molar-refractivity contribution in [2.24, 2.45) is 0 Å². The second kappa shape index (κ2) is 8.10. The molecule has 1 aromatic rings. The van der Waals surface area contributed by atoms with Crippen molar-refractivity contribution >= 4 is 5.91 Å². The Kier molecular flexibility index (Phi) is 6.51. The monoisotopic (exact) mass is 360 g/mol. The Balaban J connectivity index is 2.32. The summed E-state index contributed by atoms with van der Waals surface area (Å²) in [5.41, 5.74) is 0.153. The zero-order chi connectivity index (χ0) is 19.5. The standard InChI is InChI=1S/C22H36N2O2/c1-8-9-15-23-17(2)16-21(4,5)24(22(6,7)20(23)25)26-18(3)19-13-11-10-12-14-19/h10-14,17-18H,8-9,15-16H2,1-7H3. The van der Waals surface area contributed by atoms with E-state index in [9.17, 15) is 4.79 Å². The molecule has 0 N–H and O–H groups in total. The van der Waals surface area contributed by atoms with Crippen molar-refractivity contribution in [3.63, 3.8) is 0 Å². The molecule has 1 aromatic carbocycles. The maximum absolute atomic E-state index is 13.4. The van der Waals surface area contributed by atoms with Gasteiger partial charge < -0.3 is 4.90 Å². The van der Waals surface area contributed by atoms with Crippen molar-refractivity contribution in [3.05, 3.63) is 35.9 Å². The summed E-state index contributed by atoms with van der Waals surface area (Å²) in [6.07, 6.45) is 2.90. The van der Waals surface area contributed by atoms with Crippen LogP contribution >= 0.6 is 0 Å². The fraction of sp³-hybridized carbons (Fsp3) is 0.682. The number of nitrogens with zero attached hydrogens (tertiary/aromatic N) is 2. The van der Waals surface area contributed by atoms with E-state index in [1.807, 2.05) is 37.1 Å². The Hall–Kier alpha value is -1.39. The second-order valence-corrected chi connectivity index (χ2v) is 8.73. The average molecular weight is 361 g/mol. The van der Waals surface area contributed by atoms with Gasteiger partial charge >= 0.3 is 0 Å². The minimum atomic E-state index is -0.717. The number of unbranched alkanes of at least 4 members (excludes halogenated alkanes) is 1. The van der Waals surface area contributed by atoms with Crippen molar-refractivity contribution in [3.8, 4) is 0 Å². The Morgan fingerprint density at radius 2 is 1.81 bits per heavy atom. The highest BCUT2D eigenvalue weighted by atomic mass is 16.7.